The summed E-state index contributed by atoms with van der Waals surface area (Å²) in [5.41, 5.74) is 2.19. The Morgan fingerprint density at radius 3 is 2.69 bits per heavy atom. The van der Waals surface area contributed by atoms with Gasteiger partial charge in [0, 0.05) is 38.9 Å². The standard InChI is InChI=1S/C20H25FN4.HI/c1-22-20(23-13-16-6-5-7-18(21)12-16)24-14-17-10-11-25(15-17)19-8-3-2-4-9-19;/h2-9,12,17H,10-11,13-15H2,1H3,(H2,22,23,24);1H. The normalized spacial score (nSPS) is 16.9. The van der Waals surface area contributed by atoms with Gasteiger partial charge in [-0.1, -0.05) is 30.3 Å². The van der Waals surface area contributed by atoms with Gasteiger partial charge in [-0.2, -0.15) is 0 Å². The first-order valence-corrected chi connectivity index (χ1v) is 8.73. The highest BCUT2D eigenvalue weighted by Gasteiger charge is 2.22. The van der Waals surface area contributed by atoms with E-state index in [0.717, 1.165) is 31.2 Å². The molecule has 0 saturated carbocycles. The summed E-state index contributed by atoms with van der Waals surface area (Å²) in [7, 11) is 1.76. The molecule has 140 valence electrons. The fraction of sp³-hybridized carbons (Fsp3) is 0.350. The predicted molar refractivity (Wildman–Crippen MR) is 117 cm³/mol. The van der Waals surface area contributed by atoms with E-state index < -0.39 is 0 Å². The van der Waals surface area contributed by atoms with Gasteiger partial charge in [0.25, 0.3) is 0 Å². The van der Waals surface area contributed by atoms with Crippen LogP contribution in [0.2, 0.25) is 0 Å². The Hall–Kier alpha value is -1.83. The molecule has 1 heterocycles. The van der Waals surface area contributed by atoms with E-state index in [1.54, 1.807) is 13.1 Å². The Morgan fingerprint density at radius 1 is 1.15 bits per heavy atom. The first-order chi connectivity index (χ1) is 12.2. The van der Waals surface area contributed by atoms with E-state index in [0.29, 0.717) is 12.5 Å². The monoisotopic (exact) mass is 468 g/mol. The second-order valence-electron chi connectivity index (χ2n) is 6.37. The van der Waals surface area contributed by atoms with Gasteiger partial charge in [-0.3, -0.25) is 4.99 Å². The Kier molecular flexibility index (Phi) is 8.15. The fourth-order valence-corrected chi connectivity index (χ4v) is 3.17. The van der Waals surface area contributed by atoms with Crippen molar-refractivity contribution >= 4 is 35.6 Å². The first-order valence-electron chi connectivity index (χ1n) is 8.73. The van der Waals surface area contributed by atoms with Crippen LogP contribution in [-0.2, 0) is 6.54 Å². The lowest BCUT2D eigenvalue weighted by Crippen LogP contribution is -2.39. The van der Waals surface area contributed by atoms with Crippen LogP contribution in [0.4, 0.5) is 10.1 Å². The maximum atomic E-state index is 13.2. The van der Waals surface area contributed by atoms with E-state index in [9.17, 15) is 4.39 Å². The van der Waals surface area contributed by atoms with Crippen molar-refractivity contribution in [1.82, 2.24) is 10.6 Å². The topological polar surface area (TPSA) is 39.7 Å². The lowest BCUT2D eigenvalue weighted by Gasteiger charge is -2.19. The van der Waals surface area contributed by atoms with Crippen LogP contribution in [0.5, 0.6) is 0 Å². The average Bonchev–Trinajstić information content (AvgIpc) is 3.12. The molecular weight excluding hydrogens is 442 g/mol. The van der Waals surface area contributed by atoms with Gasteiger partial charge < -0.3 is 15.5 Å². The molecular formula is C20H26FIN4. The molecule has 1 saturated heterocycles. The lowest BCUT2D eigenvalue weighted by molar-refractivity contribution is 0.565. The second-order valence-corrected chi connectivity index (χ2v) is 6.37. The summed E-state index contributed by atoms with van der Waals surface area (Å²) in [5.74, 6) is 1.13. The zero-order valence-electron chi connectivity index (χ0n) is 15.0. The molecule has 2 N–H and O–H groups in total. The van der Waals surface area contributed by atoms with Gasteiger partial charge in [0.15, 0.2) is 5.96 Å². The summed E-state index contributed by atoms with van der Waals surface area (Å²) >= 11 is 0. The van der Waals surface area contributed by atoms with Gasteiger partial charge >= 0.3 is 0 Å². The molecule has 2 aromatic carbocycles. The van der Waals surface area contributed by atoms with Crippen LogP contribution in [0.25, 0.3) is 0 Å². The van der Waals surface area contributed by atoms with Gasteiger partial charge in [-0.15, -0.1) is 24.0 Å². The minimum Gasteiger partial charge on any atom is -0.371 e. The van der Waals surface area contributed by atoms with E-state index in [-0.39, 0.29) is 29.8 Å². The van der Waals surface area contributed by atoms with Gasteiger partial charge in [-0.25, -0.2) is 4.39 Å². The third kappa shape index (κ3) is 5.86. The quantitative estimate of drug-likeness (QED) is 0.400. The summed E-state index contributed by atoms with van der Waals surface area (Å²) in [6, 6.07) is 17.1. The molecule has 0 aromatic heterocycles. The van der Waals surface area contributed by atoms with Gasteiger partial charge in [0.05, 0.1) is 0 Å². The molecule has 0 bridgehead atoms. The van der Waals surface area contributed by atoms with Crippen LogP contribution in [0, 0.1) is 11.7 Å². The van der Waals surface area contributed by atoms with E-state index in [1.807, 2.05) is 12.1 Å². The highest BCUT2D eigenvalue weighted by Crippen LogP contribution is 2.22. The average molecular weight is 468 g/mol. The van der Waals surface area contributed by atoms with Crippen LogP contribution in [0.1, 0.15) is 12.0 Å². The number of nitrogens with one attached hydrogen (secondary N) is 2. The summed E-state index contributed by atoms with van der Waals surface area (Å²) in [6.07, 6.45) is 1.17. The number of para-hydroxylation sites is 1. The zero-order valence-corrected chi connectivity index (χ0v) is 17.3. The zero-order chi connectivity index (χ0) is 17.5. The molecule has 4 nitrogen and oxygen atoms in total. The summed E-state index contributed by atoms with van der Waals surface area (Å²) in [4.78, 5) is 6.68. The Labute approximate surface area is 171 Å². The van der Waals surface area contributed by atoms with E-state index in [1.165, 1.54) is 24.2 Å². The Morgan fingerprint density at radius 2 is 1.96 bits per heavy atom. The first kappa shape index (κ1) is 20.5. The summed E-state index contributed by atoms with van der Waals surface area (Å²) in [6.45, 7) is 3.58. The molecule has 1 fully saturated rings. The minimum atomic E-state index is -0.214. The smallest absolute Gasteiger partial charge is 0.191 e. The number of benzene rings is 2. The summed E-state index contributed by atoms with van der Waals surface area (Å²) in [5, 5.41) is 6.63. The van der Waals surface area contributed by atoms with Gasteiger partial charge in [-0.05, 0) is 42.2 Å². The molecule has 3 rings (SSSR count). The molecule has 2 aromatic rings. The summed E-state index contributed by atoms with van der Waals surface area (Å²) < 4.78 is 13.2. The van der Waals surface area contributed by atoms with Crippen LogP contribution in [-0.4, -0.2) is 32.6 Å². The van der Waals surface area contributed by atoms with E-state index in [4.69, 9.17) is 0 Å². The third-order valence-electron chi connectivity index (χ3n) is 4.54. The van der Waals surface area contributed by atoms with E-state index in [2.05, 4.69) is 44.8 Å². The van der Waals surface area contributed by atoms with Gasteiger partial charge in [0.2, 0.25) is 0 Å². The Balaban J connectivity index is 0.00000243. The van der Waals surface area contributed by atoms with Crippen molar-refractivity contribution in [3.8, 4) is 0 Å². The van der Waals surface area contributed by atoms with E-state index >= 15 is 0 Å². The molecule has 26 heavy (non-hydrogen) atoms. The fourth-order valence-electron chi connectivity index (χ4n) is 3.17. The number of rotatable bonds is 5. The Bertz CT molecular complexity index is 708. The van der Waals surface area contributed by atoms with Crippen LogP contribution < -0.4 is 15.5 Å². The highest BCUT2D eigenvalue weighted by molar-refractivity contribution is 14.0. The number of anilines is 1. The van der Waals surface area contributed by atoms with Crippen molar-refractivity contribution in [1.29, 1.82) is 0 Å². The van der Waals surface area contributed by atoms with Crippen LogP contribution in [0.3, 0.4) is 0 Å². The van der Waals surface area contributed by atoms with Crippen LogP contribution >= 0.6 is 24.0 Å². The predicted octanol–water partition coefficient (Wildman–Crippen LogP) is 3.64. The van der Waals surface area contributed by atoms with Crippen molar-refractivity contribution < 1.29 is 4.39 Å². The van der Waals surface area contributed by atoms with Crippen molar-refractivity contribution in [2.75, 3.05) is 31.6 Å². The SMILES string of the molecule is CN=C(NCc1cccc(F)c1)NCC1CCN(c2ccccc2)C1.I. The number of hydrogen-bond donors (Lipinski definition) is 2. The molecule has 1 unspecified atom stereocenters. The molecule has 0 amide bonds. The maximum absolute atomic E-state index is 13.2. The number of aliphatic imine (C=N–C) groups is 1. The molecule has 6 heteroatoms. The van der Waals surface area contributed by atoms with Crippen LogP contribution in [0.15, 0.2) is 59.6 Å². The third-order valence-corrected chi connectivity index (χ3v) is 4.54. The number of hydrogen-bond acceptors (Lipinski definition) is 2. The minimum absolute atomic E-state index is 0. The molecule has 0 spiro atoms. The second kappa shape index (κ2) is 10.4. The largest absolute Gasteiger partial charge is 0.371 e. The van der Waals surface area contributed by atoms with Crippen molar-refractivity contribution in [3.63, 3.8) is 0 Å². The highest BCUT2D eigenvalue weighted by atomic mass is 127. The molecule has 0 radical (unpaired) electrons. The molecule has 0 aliphatic carbocycles. The molecule has 1 atom stereocenters. The van der Waals surface area contributed by atoms with Crippen molar-refractivity contribution in [2.24, 2.45) is 10.9 Å². The number of guanidine groups is 1. The lowest BCUT2D eigenvalue weighted by atomic mass is 10.1. The number of halogens is 2. The molecule has 1 aliphatic heterocycles. The number of nitrogens with zero attached hydrogens (tertiary/aromatic N) is 2. The molecule has 1 aliphatic rings. The van der Waals surface area contributed by atoms with Crippen molar-refractivity contribution in [3.05, 3.63) is 66.0 Å². The van der Waals surface area contributed by atoms with Gasteiger partial charge in [0.1, 0.15) is 5.82 Å². The van der Waals surface area contributed by atoms with Crippen molar-refractivity contribution in [2.45, 2.75) is 13.0 Å². The maximum Gasteiger partial charge on any atom is 0.191 e.